The Hall–Kier alpha value is -0.0800. The number of rotatable bonds is 0. The molecule has 2 heteroatoms. The molecule has 0 amide bonds. The van der Waals surface area contributed by atoms with Crippen molar-refractivity contribution in [1.29, 1.82) is 0 Å². The van der Waals surface area contributed by atoms with E-state index < -0.39 is 6.29 Å². The van der Waals surface area contributed by atoms with E-state index >= 15 is 0 Å². The summed E-state index contributed by atoms with van der Waals surface area (Å²) in [5, 5.41) is 9.15. The van der Waals surface area contributed by atoms with Crippen LogP contribution in [0, 0.1) is 17.3 Å². The van der Waals surface area contributed by atoms with Crippen LogP contribution in [0.1, 0.15) is 13.8 Å². The van der Waals surface area contributed by atoms with Crippen molar-refractivity contribution in [2.24, 2.45) is 17.3 Å². The number of ether oxygens (including phenoxy) is 1. The third-order valence-electron chi connectivity index (χ3n) is 2.89. The monoisotopic (exact) mass is 128 g/mol. The third-order valence-corrected chi connectivity index (χ3v) is 2.89. The van der Waals surface area contributed by atoms with Crippen LogP contribution in [0.15, 0.2) is 0 Å². The summed E-state index contributed by atoms with van der Waals surface area (Å²) in [7, 11) is 0. The van der Waals surface area contributed by atoms with Gasteiger partial charge in [0.2, 0.25) is 0 Å². The molecule has 2 fully saturated rings. The lowest BCUT2D eigenvalue weighted by atomic mass is 10.1. The summed E-state index contributed by atoms with van der Waals surface area (Å²) in [4.78, 5) is 0. The van der Waals surface area contributed by atoms with Gasteiger partial charge >= 0.3 is 0 Å². The third kappa shape index (κ3) is 0.528. The van der Waals surface area contributed by atoms with Gasteiger partial charge < -0.3 is 9.84 Å². The number of hydrogen-bond acceptors (Lipinski definition) is 2. The predicted molar refractivity (Wildman–Crippen MR) is 32.7 cm³/mol. The maximum Gasteiger partial charge on any atom is 0.158 e. The predicted octanol–water partition coefficient (Wildman–Crippen LogP) is 0.607. The quantitative estimate of drug-likeness (QED) is 0.518. The van der Waals surface area contributed by atoms with Crippen molar-refractivity contribution in [3.8, 4) is 0 Å². The molecule has 0 aromatic heterocycles. The van der Waals surface area contributed by atoms with Crippen LogP contribution in [0.4, 0.5) is 0 Å². The molecule has 1 saturated heterocycles. The average Bonchev–Trinajstić information content (AvgIpc) is 2.19. The smallest absolute Gasteiger partial charge is 0.158 e. The Balaban J connectivity index is 2.14. The Morgan fingerprint density at radius 3 is 2.44 bits per heavy atom. The Morgan fingerprint density at radius 1 is 1.56 bits per heavy atom. The zero-order valence-electron chi connectivity index (χ0n) is 5.79. The lowest BCUT2D eigenvalue weighted by Crippen LogP contribution is -2.15. The molecule has 1 aliphatic carbocycles. The molecule has 0 spiro atoms. The van der Waals surface area contributed by atoms with Gasteiger partial charge in [0.15, 0.2) is 6.29 Å². The maximum absolute atomic E-state index is 9.15. The van der Waals surface area contributed by atoms with Crippen LogP contribution in [0.5, 0.6) is 0 Å². The van der Waals surface area contributed by atoms with Crippen LogP contribution in [0.2, 0.25) is 0 Å². The topological polar surface area (TPSA) is 29.5 Å². The second-order valence-electron chi connectivity index (χ2n) is 3.68. The highest BCUT2D eigenvalue weighted by molar-refractivity contribution is 5.09. The molecule has 0 bridgehead atoms. The lowest BCUT2D eigenvalue weighted by Gasteiger charge is -2.11. The average molecular weight is 128 g/mol. The van der Waals surface area contributed by atoms with E-state index in [1.165, 1.54) is 0 Å². The summed E-state index contributed by atoms with van der Waals surface area (Å²) in [6.07, 6.45) is -0.468. The standard InChI is InChI=1S/C7H12O2/c1-7(2)4-3-9-6(8)5(4)7/h4-6,8H,3H2,1-2H3/t4-,5-,6+/m0/s1. The van der Waals surface area contributed by atoms with Crippen LogP contribution in [0.3, 0.4) is 0 Å². The Labute approximate surface area is 54.8 Å². The Bertz CT molecular complexity index is 142. The van der Waals surface area contributed by atoms with Crippen LogP contribution < -0.4 is 0 Å². The molecule has 1 N–H and O–H groups in total. The molecular formula is C7H12O2. The van der Waals surface area contributed by atoms with Gasteiger partial charge in [-0.3, -0.25) is 0 Å². The normalized spacial score (nSPS) is 53.0. The number of aliphatic hydroxyl groups excluding tert-OH is 1. The van der Waals surface area contributed by atoms with Crippen molar-refractivity contribution >= 4 is 0 Å². The second kappa shape index (κ2) is 1.32. The van der Waals surface area contributed by atoms with Crippen molar-refractivity contribution in [2.45, 2.75) is 20.1 Å². The summed E-state index contributed by atoms with van der Waals surface area (Å²) in [6.45, 7) is 5.14. The first kappa shape index (κ1) is 5.69. The summed E-state index contributed by atoms with van der Waals surface area (Å²) in [5.41, 5.74) is 0.359. The van der Waals surface area contributed by atoms with Crippen molar-refractivity contribution < 1.29 is 9.84 Å². The molecule has 1 aliphatic heterocycles. The number of fused-ring (bicyclic) bond motifs is 1. The van der Waals surface area contributed by atoms with Crippen molar-refractivity contribution in [1.82, 2.24) is 0 Å². The molecule has 0 radical (unpaired) electrons. The number of hydrogen-bond donors (Lipinski definition) is 1. The highest BCUT2D eigenvalue weighted by Gasteiger charge is 2.65. The first-order chi connectivity index (χ1) is 4.14. The van der Waals surface area contributed by atoms with Gasteiger partial charge in [-0.25, -0.2) is 0 Å². The van der Waals surface area contributed by atoms with Gasteiger partial charge in [0.05, 0.1) is 6.61 Å². The maximum atomic E-state index is 9.15. The van der Waals surface area contributed by atoms with Gasteiger partial charge in [0.1, 0.15) is 0 Å². The van der Waals surface area contributed by atoms with Gasteiger partial charge in [-0.1, -0.05) is 13.8 Å². The molecule has 2 nitrogen and oxygen atoms in total. The largest absolute Gasteiger partial charge is 0.368 e. The van der Waals surface area contributed by atoms with Crippen LogP contribution >= 0.6 is 0 Å². The first-order valence-electron chi connectivity index (χ1n) is 3.43. The molecule has 3 atom stereocenters. The fraction of sp³-hybridized carbons (Fsp3) is 1.00. The molecule has 1 heterocycles. The summed E-state index contributed by atoms with van der Waals surface area (Å²) < 4.78 is 5.01. The molecule has 0 aromatic carbocycles. The Morgan fingerprint density at radius 2 is 2.22 bits per heavy atom. The van der Waals surface area contributed by atoms with Gasteiger partial charge in [-0.05, 0) is 11.3 Å². The van der Waals surface area contributed by atoms with Gasteiger partial charge in [0.25, 0.3) is 0 Å². The molecule has 52 valence electrons. The Kier molecular flexibility index (Phi) is 0.837. The molecule has 0 unspecified atom stereocenters. The molecule has 9 heavy (non-hydrogen) atoms. The van der Waals surface area contributed by atoms with E-state index in [0.717, 1.165) is 6.61 Å². The second-order valence-corrected chi connectivity index (χ2v) is 3.68. The summed E-state index contributed by atoms with van der Waals surface area (Å²) in [6, 6.07) is 0. The molecular weight excluding hydrogens is 116 g/mol. The van der Waals surface area contributed by atoms with E-state index in [-0.39, 0.29) is 0 Å². The van der Waals surface area contributed by atoms with E-state index in [0.29, 0.717) is 17.3 Å². The van der Waals surface area contributed by atoms with E-state index in [1.54, 1.807) is 0 Å². The van der Waals surface area contributed by atoms with Crippen molar-refractivity contribution in [3.63, 3.8) is 0 Å². The fourth-order valence-corrected chi connectivity index (χ4v) is 1.98. The first-order valence-corrected chi connectivity index (χ1v) is 3.43. The zero-order valence-corrected chi connectivity index (χ0v) is 5.79. The minimum absolute atomic E-state index is 0.359. The molecule has 2 aliphatic rings. The van der Waals surface area contributed by atoms with Gasteiger partial charge in [0, 0.05) is 5.92 Å². The fourth-order valence-electron chi connectivity index (χ4n) is 1.98. The van der Waals surface area contributed by atoms with Crippen molar-refractivity contribution in [2.75, 3.05) is 6.61 Å². The summed E-state index contributed by atoms with van der Waals surface area (Å²) >= 11 is 0. The highest BCUT2D eigenvalue weighted by atomic mass is 16.6. The zero-order chi connectivity index (χ0) is 6.65. The van der Waals surface area contributed by atoms with Crippen LogP contribution in [-0.2, 0) is 4.74 Å². The number of aliphatic hydroxyl groups is 1. The van der Waals surface area contributed by atoms with Gasteiger partial charge in [-0.2, -0.15) is 0 Å². The SMILES string of the molecule is CC1(C)[C@@H]2[C@H](O)OC[C@@H]21. The van der Waals surface area contributed by atoms with E-state index in [2.05, 4.69) is 13.8 Å². The van der Waals surface area contributed by atoms with Crippen molar-refractivity contribution in [3.05, 3.63) is 0 Å². The highest BCUT2D eigenvalue weighted by Crippen LogP contribution is 2.63. The molecule has 2 rings (SSSR count). The van der Waals surface area contributed by atoms with Crippen LogP contribution in [-0.4, -0.2) is 18.0 Å². The summed E-state index contributed by atoms with van der Waals surface area (Å²) in [5.74, 6) is 1.06. The molecule has 0 aromatic rings. The molecule has 1 saturated carbocycles. The van der Waals surface area contributed by atoms with E-state index in [4.69, 9.17) is 9.84 Å². The minimum Gasteiger partial charge on any atom is -0.368 e. The van der Waals surface area contributed by atoms with E-state index in [1.807, 2.05) is 0 Å². The van der Waals surface area contributed by atoms with Crippen LogP contribution in [0.25, 0.3) is 0 Å². The lowest BCUT2D eigenvalue weighted by molar-refractivity contribution is -0.0960. The van der Waals surface area contributed by atoms with E-state index in [9.17, 15) is 0 Å². The minimum atomic E-state index is -0.468. The van der Waals surface area contributed by atoms with Gasteiger partial charge in [-0.15, -0.1) is 0 Å².